The number of hydrogen-bond acceptors (Lipinski definition) is 6. The second-order valence-corrected chi connectivity index (χ2v) is 8.76. The van der Waals surface area contributed by atoms with Crippen molar-refractivity contribution < 1.29 is 9.18 Å². The fourth-order valence-corrected chi connectivity index (χ4v) is 4.30. The van der Waals surface area contributed by atoms with Gasteiger partial charge in [-0.25, -0.2) is 14.4 Å². The molecule has 8 heteroatoms. The van der Waals surface area contributed by atoms with Gasteiger partial charge in [0, 0.05) is 66.5 Å². The first-order valence-corrected chi connectivity index (χ1v) is 11.8. The van der Waals surface area contributed by atoms with E-state index in [0.717, 1.165) is 60.0 Å². The molecule has 0 unspecified atom stereocenters. The number of aromatic nitrogens is 2. The largest absolute Gasteiger partial charge is 0.369 e. The summed E-state index contributed by atoms with van der Waals surface area (Å²) >= 11 is 0. The highest BCUT2D eigenvalue weighted by Gasteiger charge is 2.14. The summed E-state index contributed by atoms with van der Waals surface area (Å²) in [6.07, 6.45) is 2.85. The van der Waals surface area contributed by atoms with Gasteiger partial charge in [0.15, 0.2) is 0 Å². The molecule has 1 aliphatic heterocycles. The molecule has 0 aliphatic carbocycles. The number of fused-ring (bicyclic) bond motifs is 1. The monoisotopic (exact) mass is 482 g/mol. The lowest BCUT2D eigenvalue weighted by Gasteiger charge is -2.34. The van der Waals surface area contributed by atoms with Gasteiger partial charge in [-0.3, -0.25) is 4.79 Å². The molecule has 0 spiro atoms. The normalized spacial score (nSPS) is 14.3. The van der Waals surface area contributed by atoms with Gasteiger partial charge in [-0.05, 0) is 49.0 Å². The van der Waals surface area contributed by atoms with E-state index in [0.29, 0.717) is 11.6 Å². The molecule has 2 heterocycles. The van der Waals surface area contributed by atoms with Crippen molar-refractivity contribution >= 4 is 39.8 Å². The molecule has 2 N–H and O–H groups in total. The quantitative estimate of drug-likeness (QED) is 0.368. The van der Waals surface area contributed by atoms with E-state index >= 15 is 0 Å². The highest BCUT2D eigenvalue weighted by atomic mass is 19.1. The zero-order valence-electron chi connectivity index (χ0n) is 20.0. The summed E-state index contributed by atoms with van der Waals surface area (Å²) in [6, 6.07) is 21.6. The number of hydrogen-bond donors (Lipinski definition) is 2. The van der Waals surface area contributed by atoms with E-state index in [1.54, 1.807) is 12.3 Å². The van der Waals surface area contributed by atoms with Crippen LogP contribution in [0.1, 0.15) is 0 Å². The van der Waals surface area contributed by atoms with Crippen LogP contribution in [-0.2, 0) is 4.79 Å². The molecular formula is C28H27FN6O. The molecule has 1 aliphatic rings. The number of nitrogens with zero attached hydrogens (tertiary/aromatic N) is 4. The average Bonchev–Trinajstić information content (AvgIpc) is 2.89. The van der Waals surface area contributed by atoms with Gasteiger partial charge in [-0.2, -0.15) is 0 Å². The Bertz CT molecular complexity index is 1400. The number of nitrogens with one attached hydrogen (secondary N) is 2. The van der Waals surface area contributed by atoms with Gasteiger partial charge < -0.3 is 20.4 Å². The topological polar surface area (TPSA) is 73.4 Å². The van der Waals surface area contributed by atoms with Crippen LogP contribution in [0.2, 0.25) is 0 Å². The maximum absolute atomic E-state index is 12.3. The Morgan fingerprint density at radius 3 is 2.53 bits per heavy atom. The van der Waals surface area contributed by atoms with Gasteiger partial charge in [-0.1, -0.05) is 30.3 Å². The Kier molecular flexibility index (Phi) is 6.86. The number of amides is 1. The minimum absolute atomic E-state index is 0.218. The van der Waals surface area contributed by atoms with Crippen LogP contribution in [0.5, 0.6) is 0 Å². The first kappa shape index (κ1) is 23.4. The smallest absolute Gasteiger partial charge is 0.250 e. The van der Waals surface area contributed by atoms with Crippen LogP contribution < -0.4 is 15.5 Å². The van der Waals surface area contributed by atoms with Crippen molar-refractivity contribution in [1.82, 2.24) is 14.9 Å². The fraction of sp³-hybridized carbons (Fsp3) is 0.179. The Hall–Kier alpha value is -4.30. The van der Waals surface area contributed by atoms with Crippen LogP contribution in [0.4, 0.5) is 27.4 Å². The van der Waals surface area contributed by atoms with E-state index in [4.69, 9.17) is 4.98 Å². The van der Waals surface area contributed by atoms with E-state index < -0.39 is 5.91 Å². The maximum Gasteiger partial charge on any atom is 0.250 e. The van der Waals surface area contributed by atoms with Crippen molar-refractivity contribution in [3.8, 4) is 11.1 Å². The van der Waals surface area contributed by atoms with Gasteiger partial charge in [0.05, 0.1) is 11.8 Å². The van der Waals surface area contributed by atoms with Gasteiger partial charge in [0.1, 0.15) is 0 Å². The van der Waals surface area contributed by atoms with E-state index in [9.17, 15) is 9.18 Å². The maximum atomic E-state index is 12.3. The second kappa shape index (κ2) is 10.5. The van der Waals surface area contributed by atoms with E-state index in [2.05, 4.69) is 44.6 Å². The SMILES string of the molecule is CN1CCN(c2ccc(Nc3ncc4cccc(-c5cccc(NC(=O)/C=C/F)c5)c4n3)cc2)CC1. The van der Waals surface area contributed by atoms with Gasteiger partial charge in [-0.15, -0.1) is 0 Å². The highest BCUT2D eigenvalue weighted by molar-refractivity contribution is 6.00. The molecule has 1 fully saturated rings. The number of carbonyl (C=O) groups excluding carboxylic acids is 1. The van der Waals surface area contributed by atoms with Crippen LogP contribution in [0.25, 0.3) is 22.0 Å². The third-order valence-corrected chi connectivity index (χ3v) is 6.26. The molecule has 0 radical (unpaired) electrons. The molecular weight excluding hydrogens is 455 g/mol. The van der Waals surface area contributed by atoms with E-state index in [1.165, 1.54) is 5.69 Å². The van der Waals surface area contributed by atoms with Crippen molar-refractivity contribution in [2.24, 2.45) is 0 Å². The van der Waals surface area contributed by atoms with Crippen LogP contribution in [0.15, 0.2) is 85.3 Å². The number of carbonyl (C=O) groups is 1. The predicted molar refractivity (Wildman–Crippen MR) is 143 cm³/mol. The van der Waals surface area contributed by atoms with Crippen LogP contribution in [0, 0.1) is 0 Å². The standard InChI is InChI=1S/C28H27FN6O/c1-34-14-16-35(17-15-34)24-10-8-22(9-11-24)32-28-30-19-21-5-3-7-25(27(21)33-28)20-4-2-6-23(18-20)31-26(36)12-13-29/h2-13,18-19H,14-17H2,1H3,(H,31,36)(H,30,32,33)/b13-12+. The minimum atomic E-state index is -0.528. The molecule has 7 nitrogen and oxygen atoms in total. The molecule has 5 rings (SSSR count). The van der Waals surface area contributed by atoms with Crippen molar-refractivity contribution in [1.29, 1.82) is 0 Å². The zero-order valence-corrected chi connectivity index (χ0v) is 20.0. The Balaban J connectivity index is 1.38. The summed E-state index contributed by atoms with van der Waals surface area (Å²) < 4.78 is 12.3. The first-order valence-electron chi connectivity index (χ1n) is 11.8. The van der Waals surface area contributed by atoms with E-state index in [1.807, 2.05) is 48.5 Å². The summed E-state index contributed by atoms with van der Waals surface area (Å²) in [5.74, 6) is -0.0279. The van der Waals surface area contributed by atoms with Crippen molar-refractivity contribution in [2.45, 2.75) is 0 Å². The third-order valence-electron chi connectivity index (χ3n) is 6.26. The lowest BCUT2D eigenvalue weighted by Crippen LogP contribution is -2.44. The Labute approximate surface area is 209 Å². The fourth-order valence-electron chi connectivity index (χ4n) is 4.30. The zero-order chi connectivity index (χ0) is 24.9. The van der Waals surface area contributed by atoms with Crippen molar-refractivity contribution in [2.75, 3.05) is 48.8 Å². The molecule has 3 aromatic carbocycles. The summed E-state index contributed by atoms with van der Waals surface area (Å²) in [4.78, 5) is 25.8. The van der Waals surface area contributed by atoms with Crippen molar-refractivity contribution in [3.05, 3.63) is 85.3 Å². The molecule has 36 heavy (non-hydrogen) atoms. The molecule has 0 saturated carbocycles. The lowest BCUT2D eigenvalue weighted by molar-refractivity contribution is -0.111. The molecule has 4 aromatic rings. The van der Waals surface area contributed by atoms with Gasteiger partial charge in [0.2, 0.25) is 5.95 Å². The number of halogens is 1. The minimum Gasteiger partial charge on any atom is -0.369 e. The summed E-state index contributed by atoms with van der Waals surface area (Å²) in [6.45, 7) is 4.18. The number of piperazine rings is 1. The Morgan fingerprint density at radius 1 is 0.972 bits per heavy atom. The van der Waals surface area contributed by atoms with Gasteiger partial charge >= 0.3 is 0 Å². The molecule has 0 bridgehead atoms. The third kappa shape index (κ3) is 5.34. The average molecular weight is 483 g/mol. The number of likely N-dealkylation sites (N-methyl/N-ethyl adjacent to an activating group) is 1. The van der Waals surface area contributed by atoms with E-state index in [-0.39, 0.29) is 6.33 Å². The molecule has 0 atom stereocenters. The predicted octanol–water partition coefficient (Wildman–Crippen LogP) is 5.21. The second-order valence-electron chi connectivity index (χ2n) is 8.76. The van der Waals surface area contributed by atoms with Crippen LogP contribution in [-0.4, -0.2) is 54.0 Å². The van der Waals surface area contributed by atoms with Crippen LogP contribution >= 0.6 is 0 Å². The number of benzene rings is 3. The van der Waals surface area contributed by atoms with Crippen molar-refractivity contribution in [3.63, 3.8) is 0 Å². The summed E-state index contributed by atoms with van der Waals surface area (Å²) in [5, 5.41) is 6.87. The Morgan fingerprint density at radius 2 is 1.75 bits per heavy atom. The molecule has 1 aromatic heterocycles. The highest BCUT2D eigenvalue weighted by Crippen LogP contribution is 2.30. The molecule has 1 amide bonds. The lowest BCUT2D eigenvalue weighted by atomic mass is 10.0. The molecule has 182 valence electrons. The van der Waals surface area contributed by atoms with Crippen LogP contribution in [0.3, 0.4) is 0 Å². The number of para-hydroxylation sites is 1. The number of rotatable bonds is 6. The summed E-state index contributed by atoms with van der Waals surface area (Å²) in [7, 11) is 2.15. The first-order chi connectivity index (χ1) is 17.6. The van der Waals surface area contributed by atoms with Gasteiger partial charge in [0.25, 0.3) is 5.91 Å². The summed E-state index contributed by atoms with van der Waals surface area (Å²) in [5.41, 5.74) is 5.26. The molecule has 1 saturated heterocycles. The number of anilines is 4.